The van der Waals surface area contributed by atoms with Crippen molar-refractivity contribution >= 4 is 21.4 Å². The summed E-state index contributed by atoms with van der Waals surface area (Å²) in [5.41, 5.74) is 1.40. The topological polar surface area (TPSA) is 75.3 Å². The summed E-state index contributed by atoms with van der Waals surface area (Å²) in [5, 5.41) is 5.90. The molecule has 2 aliphatic heterocycles. The predicted octanol–water partition coefficient (Wildman–Crippen LogP) is 0.707. The number of sulfone groups is 1. The molecule has 1 amide bonds. The molecule has 0 bridgehead atoms. The molecule has 1 aromatic carbocycles. The Kier molecular flexibility index (Phi) is 3.06. The quantitative estimate of drug-likeness (QED) is 0.836. The highest BCUT2D eigenvalue weighted by atomic mass is 32.2. The molecule has 1 fully saturated rings. The summed E-state index contributed by atoms with van der Waals surface area (Å²) in [6.45, 7) is 0.858. The second-order valence-electron chi connectivity index (χ2n) is 5.03. The van der Waals surface area contributed by atoms with Gasteiger partial charge in [0.05, 0.1) is 16.7 Å². The van der Waals surface area contributed by atoms with Crippen LogP contribution in [0.5, 0.6) is 0 Å². The molecule has 0 aliphatic carbocycles. The third kappa shape index (κ3) is 2.37. The van der Waals surface area contributed by atoms with E-state index >= 15 is 0 Å². The molecular weight excluding hydrogens is 264 g/mol. The zero-order valence-corrected chi connectivity index (χ0v) is 11.3. The Hall–Kier alpha value is -1.40. The van der Waals surface area contributed by atoms with Gasteiger partial charge in [-0.15, -0.1) is 0 Å². The van der Waals surface area contributed by atoms with Gasteiger partial charge >= 0.3 is 0 Å². The van der Waals surface area contributed by atoms with E-state index in [1.54, 1.807) is 18.2 Å². The van der Waals surface area contributed by atoms with Gasteiger partial charge in [0.1, 0.15) is 0 Å². The molecule has 0 aromatic heterocycles. The number of hydrogen-bond donors (Lipinski definition) is 2. The molecule has 0 saturated carbocycles. The molecule has 1 saturated heterocycles. The van der Waals surface area contributed by atoms with E-state index in [-0.39, 0.29) is 17.7 Å². The summed E-state index contributed by atoms with van der Waals surface area (Å²) in [5.74, 6) is 0.0806. The van der Waals surface area contributed by atoms with Crippen LogP contribution >= 0.6 is 0 Å². The van der Waals surface area contributed by atoms with E-state index in [0.717, 1.165) is 24.9 Å². The Balaban J connectivity index is 1.81. The van der Waals surface area contributed by atoms with Crippen LogP contribution in [0, 0.1) is 0 Å². The molecule has 5 nitrogen and oxygen atoms in total. The van der Waals surface area contributed by atoms with Gasteiger partial charge < -0.3 is 10.6 Å². The van der Waals surface area contributed by atoms with Gasteiger partial charge in [0.25, 0.3) is 0 Å². The molecule has 2 heterocycles. The maximum atomic E-state index is 12.0. The first-order valence-corrected chi connectivity index (χ1v) is 8.11. The largest absolute Gasteiger partial charge is 0.325 e. The number of aryl methyl sites for hydroxylation is 1. The van der Waals surface area contributed by atoms with Crippen molar-refractivity contribution in [3.8, 4) is 0 Å². The Morgan fingerprint density at radius 1 is 1.37 bits per heavy atom. The van der Waals surface area contributed by atoms with E-state index in [1.165, 1.54) is 0 Å². The number of nitrogens with one attached hydrogen (secondary N) is 2. The van der Waals surface area contributed by atoms with Gasteiger partial charge in [0.2, 0.25) is 5.91 Å². The maximum absolute atomic E-state index is 12.0. The summed E-state index contributed by atoms with van der Waals surface area (Å²) in [6, 6.07) is 4.97. The maximum Gasteiger partial charge on any atom is 0.241 e. The Morgan fingerprint density at radius 3 is 2.95 bits per heavy atom. The van der Waals surface area contributed by atoms with Crippen molar-refractivity contribution in [1.82, 2.24) is 5.32 Å². The molecule has 2 aliphatic rings. The minimum atomic E-state index is -3.15. The molecule has 3 rings (SSSR count). The SMILES string of the molecule is O=C(Nc1ccc2c(c1)S(=O)(=O)CC2)C1CCCN1. The first-order valence-electron chi connectivity index (χ1n) is 6.46. The van der Waals surface area contributed by atoms with Crippen LogP contribution in [0.4, 0.5) is 5.69 Å². The summed E-state index contributed by atoms with van der Waals surface area (Å²) < 4.78 is 23.6. The van der Waals surface area contributed by atoms with Gasteiger partial charge in [0, 0.05) is 5.69 Å². The average molecular weight is 280 g/mol. The van der Waals surface area contributed by atoms with E-state index in [4.69, 9.17) is 0 Å². The molecule has 2 N–H and O–H groups in total. The number of hydrogen-bond acceptors (Lipinski definition) is 4. The number of amides is 1. The minimum absolute atomic E-state index is 0.0900. The van der Waals surface area contributed by atoms with Crippen molar-refractivity contribution in [1.29, 1.82) is 0 Å². The first kappa shape index (κ1) is 12.6. The van der Waals surface area contributed by atoms with E-state index < -0.39 is 9.84 Å². The zero-order valence-electron chi connectivity index (χ0n) is 10.5. The Labute approximate surface area is 112 Å². The Morgan fingerprint density at radius 2 is 2.21 bits per heavy atom. The van der Waals surface area contributed by atoms with E-state index in [0.29, 0.717) is 17.0 Å². The lowest BCUT2D eigenvalue weighted by molar-refractivity contribution is -0.117. The third-order valence-corrected chi connectivity index (χ3v) is 5.48. The van der Waals surface area contributed by atoms with Crippen molar-refractivity contribution < 1.29 is 13.2 Å². The predicted molar refractivity (Wildman–Crippen MR) is 71.9 cm³/mol. The molecule has 6 heteroatoms. The summed E-state index contributed by atoms with van der Waals surface area (Å²) in [4.78, 5) is 12.3. The second kappa shape index (κ2) is 4.61. The number of benzene rings is 1. The summed E-state index contributed by atoms with van der Waals surface area (Å²) in [6.07, 6.45) is 2.39. The summed E-state index contributed by atoms with van der Waals surface area (Å²) >= 11 is 0. The molecule has 0 spiro atoms. The standard InChI is InChI=1S/C13H16N2O3S/c16-13(11-2-1-6-14-11)15-10-4-3-9-5-7-19(17,18)12(9)8-10/h3-4,8,11,14H,1-2,5-7H2,(H,15,16). The van der Waals surface area contributed by atoms with Gasteiger partial charge in [-0.1, -0.05) is 6.07 Å². The van der Waals surface area contributed by atoms with Crippen molar-refractivity contribution in [2.24, 2.45) is 0 Å². The van der Waals surface area contributed by atoms with Crippen molar-refractivity contribution in [3.63, 3.8) is 0 Å². The minimum Gasteiger partial charge on any atom is -0.325 e. The second-order valence-corrected chi connectivity index (χ2v) is 7.11. The molecule has 19 heavy (non-hydrogen) atoms. The van der Waals surface area contributed by atoms with Crippen LogP contribution in [0.15, 0.2) is 23.1 Å². The van der Waals surface area contributed by atoms with Gasteiger partial charge in [-0.25, -0.2) is 8.42 Å². The Bertz CT molecular complexity index is 619. The van der Waals surface area contributed by atoms with Crippen LogP contribution in [0.25, 0.3) is 0 Å². The van der Waals surface area contributed by atoms with Crippen molar-refractivity contribution in [3.05, 3.63) is 23.8 Å². The van der Waals surface area contributed by atoms with Crippen LogP contribution in [0.1, 0.15) is 18.4 Å². The van der Waals surface area contributed by atoms with Gasteiger partial charge in [-0.3, -0.25) is 4.79 Å². The van der Waals surface area contributed by atoms with Crippen LogP contribution in [-0.4, -0.2) is 32.7 Å². The normalized spacial score (nSPS) is 24.1. The van der Waals surface area contributed by atoms with Gasteiger partial charge in [-0.2, -0.15) is 0 Å². The van der Waals surface area contributed by atoms with Gasteiger partial charge in [0.15, 0.2) is 9.84 Å². The lowest BCUT2D eigenvalue weighted by Gasteiger charge is -2.11. The summed E-state index contributed by atoms with van der Waals surface area (Å²) in [7, 11) is -3.15. The van der Waals surface area contributed by atoms with Gasteiger partial charge in [-0.05, 0) is 43.5 Å². The van der Waals surface area contributed by atoms with Crippen LogP contribution < -0.4 is 10.6 Å². The molecule has 1 atom stereocenters. The lowest BCUT2D eigenvalue weighted by Crippen LogP contribution is -2.35. The molecule has 1 unspecified atom stereocenters. The van der Waals surface area contributed by atoms with E-state index in [1.807, 2.05) is 0 Å². The fourth-order valence-electron chi connectivity index (χ4n) is 2.62. The fraction of sp³-hybridized carbons (Fsp3) is 0.462. The highest BCUT2D eigenvalue weighted by Gasteiger charge is 2.27. The number of carbonyl (C=O) groups excluding carboxylic acids is 1. The van der Waals surface area contributed by atoms with E-state index in [9.17, 15) is 13.2 Å². The monoisotopic (exact) mass is 280 g/mol. The molecule has 0 radical (unpaired) electrons. The molecule has 102 valence electrons. The first-order chi connectivity index (χ1) is 9.06. The zero-order chi connectivity index (χ0) is 13.5. The lowest BCUT2D eigenvalue weighted by atomic mass is 10.1. The highest BCUT2D eigenvalue weighted by molar-refractivity contribution is 7.91. The molecular formula is C13H16N2O3S. The van der Waals surface area contributed by atoms with Crippen molar-refractivity contribution in [2.45, 2.75) is 30.2 Å². The number of anilines is 1. The average Bonchev–Trinajstić information content (AvgIpc) is 2.99. The van der Waals surface area contributed by atoms with Crippen LogP contribution in [0.2, 0.25) is 0 Å². The number of carbonyl (C=O) groups is 1. The third-order valence-electron chi connectivity index (χ3n) is 3.69. The van der Waals surface area contributed by atoms with Crippen LogP contribution in [0.3, 0.4) is 0 Å². The number of fused-ring (bicyclic) bond motifs is 1. The molecule has 1 aromatic rings. The van der Waals surface area contributed by atoms with E-state index in [2.05, 4.69) is 10.6 Å². The highest BCUT2D eigenvalue weighted by Crippen LogP contribution is 2.28. The van der Waals surface area contributed by atoms with Crippen molar-refractivity contribution in [2.75, 3.05) is 17.6 Å². The number of rotatable bonds is 2. The van der Waals surface area contributed by atoms with Crippen LogP contribution in [-0.2, 0) is 21.1 Å². The fourth-order valence-corrected chi connectivity index (χ4v) is 4.20. The smallest absolute Gasteiger partial charge is 0.241 e.